The number of thiophene rings is 1. The molecule has 0 spiro atoms. The third-order valence-electron chi connectivity index (χ3n) is 4.62. The van der Waals surface area contributed by atoms with Gasteiger partial charge in [-0.15, -0.1) is 11.3 Å². The summed E-state index contributed by atoms with van der Waals surface area (Å²) >= 11 is 1.79. The highest BCUT2D eigenvalue weighted by atomic mass is 32.1. The molecule has 0 bridgehead atoms. The third-order valence-corrected chi connectivity index (χ3v) is 5.64. The standard InChI is InChI=1S/C18H19N3O2S/c22-17-15(10-13-4-2-1-3-5-13)19-18(23)21(17)12-20-8-6-16-14(11-20)7-9-24-16/h1-5,7,9,15H,6,8,10-12H2,(H,19,23)/t15-/m0/s1. The molecule has 0 radical (unpaired) electrons. The number of amides is 3. The minimum absolute atomic E-state index is 0.125. The molecular formula is C18H19N3O2S. The van der Waals surface area contributed by atoms with E-state index < -0.39 is 6.04 Å². The second-order valence-corrected chi connectivity index (χ2v) is 7.27. The second-order valence-electron chi connectivity index (χ2n) is 6.27. The molecule has 2 aromatic rings. The molecule has 2 aliphatic heterocycles. The van der Waals surface area contributed by atoms with Crippen LogP contribution in [0.1, 0.15) is 16.0 Å². The fraction of sp³-hybridized carbons (Fsp3) is 0.333. The summed E-state index contributed by atoms with van der Waals surface area (Å²) in [6, 6.07) is 11.2. The number of nitrogens with zero attached hydrogens (tertiary/aromatic N) is 2. The van der Waals surface area contributed by atoms with Crippen LogP contribution < -0.4 is 5.32 Å². The summed E-state index contributed by atoms with van der Waals surface area (Å²) in [5.74, 6) is -0.125. The van der Waals surface area contributed by atoms with Gasteiger partial charge in [0.05, 0.1) is 6.67 Å². The lowest BCUT2D eigenvalue weighted by molar-refractivity contribution is -0.129. The minimum Gasteiger partial charge on any atom is -0.325 e. The van der Waals surface area contributed by atoms with Gasteiger partial charge in [-0.05, 0) is 29.0 Å². The maximum absolute atomic E-state index is 12.6. The Morgan fingerprint density at radius 3 is 2.83 bits per heavy atom. The molecule has 6 heteroatoms. The average Bonchev–Trinajstić information content (AvgIpc) is 3.16. The Kier molecular flexibility index (Phi) is 4.08. The quantitative estimate of drug-likeness (QED) is 0.868. The first-order valence-corrected chi connectivity index (χ1v) is 9.02. The fourth-order valence-corrected chi connectivity index (χ4v) is 4.22. The van der Waals surface area contributed by atoms with E-state index in [2.05, 4.69) is 21.7 Å². The number of benzene rings is 1. The van der Waals surface area contributed by atoms with Crippen LogP contribution in [0.25, 0.3) is 0 Å². The third kappa shape index (κ3) is 2.95. The number of rotatable bonds is 4. The van der Waals surface area contributed by atoms with Crippen LogP contribution in [0.15, 0.2) is 41.8 Å². The molecule has 0 unspecified atom stereocenters. The maximum Gasteiger partial charge on any atom is 0.325 e. The van der Waals surface area contributed by atoms with Crippen molar-refractivity contribution in [3.63, 3.8) is 0 Å². The lowest BCUT2D eigenvalue weighted by atomic mass is 10.1. The highest BCUT2D eigenvalue weighted by Crippen LogP contribution is 2.24. The van der Waals surface area contributed by atoms with Gasteiger partial charge in [0.2, 0.25) is 0 Å². The van der Waals surface area contributed by atoms with Gasteiger partial charge in [0.25, 0.3) is 5.91 Å². The molecule has 5 nitrogen and oxygen atoms in total. The second kappa shape index (κ2) is 6.37. The van der Waals surface area contributed by atoms with Crippen molar-refractivity contribution in [2.45, 2.75) is 25.4 Å². The van der Waals surface area contributed by atoms with E-state index in [-0.39, 0.29) is 11.9 Å². The van der Waals surface area contributed by atoms with Crippen molar-refractivity contribution < 1.29 is 9.59 Å². The summed E-state index contributed by atoms with van der Waals surface area (Å²) in [7, 11) is 0. The summed E-state index contributed by atoms with van der Waals surface area (Å²) in [4.78, 5) is 29.8. The van der Waals surface area contributed by atoms with E-state index in [1.807, 2.05) is 30.3 Å². The summed E-state index contributed by atoms with van der Waals surface area (Å²) in [5, 5.41) is 4.93. The number of fused-ring (bicyclic) bond motifs is 1. The van der Waals surface area contributed by atoms with Crippen molar-refractivity contribution in [1.82, 2.24) is 15.1 Å². The Balaban J connectivity index is 1.41. The van der Waals surface area contributed by atoms with E-state index in [4.69, 9.17) is 0 Å². The largest absolute Gasteiger partial charge is 0.325 e. The van der Waals surface area contributed by atoms with Crippen LogP contribution in [0, 0.1) is 0 Å². The van der Waals surface area contributed by atoms with Gasteiger partial charge < -0.3 is 5.32 Å². The van der Waals surface area contributed by atoms with Gasteiger partial charge >= 0.3 is 6.03 Å². The van der Waals surface area contributed by atoms with E-state index in [1.165, 1.54) is 15.3 Å². The molecule has 1 N–H and O–H groups in total. The van der Waals surface area contributed by atoms with Crippen LogP contribution in [0.3, 0.4) is 0 Å². The van der Waals surface area contributed by atoms with E-state index in [0.717, 1.165) is 25.1 Å². The van der Waals surface area contributed by atoms with E-state index >= 15 is 0 Å². The van der Waals surface area contributed by atoms with Gasteiger partial charge in [0.15, 0.2) is 0 Å². The number of urea groups is 1. The van der Waals surface area contributed by atoms with Crippen molar-refractivity contribution in [2.75, 3.05) is 13.2 Å². The highest BCUT2D eigenvalue weighted by Gasteiger charge is 2.38. The zero-order valence-corrected chi connectivity index (χ0v) is 14.1. The normalized spacial score (nSPS) is 21.0. The van der Waals surface area contributed by atoms with Crippen LogP contribution in [-0.2, 0) is 24.2 Å². The van der Waals surface area contributed by atoms with E-state index in [1.54, 1.807) is 11.3 Å². The first-order chi connectivity index (χ1) is 11.7. The van der Waals surface area contributed by atoms with Crippen LogP contribution in [0.5, 0.6) is 0 Å². The molecule has 1 fully saturated rings. The van der Waals surface area contributed by atoms with Gasteiger partial charge in [-0.25, -0.2) is 9.69 Å². The molecule has 3 amide bonds. The molecule has 2 aliphatic rings. The molecular weight excluding hydrogens is 322 g/mol. The smallest absolute Gasteiger partial charge is 0.325 e. The number of nitrogens with one attached hydrogen (secondary N) is 1. The zero-order valence-electron chi connectivity index (χ0n) is 13.3. The van der Waals surface area contributed by atoms with Crippen molar-refractivity contribution in [2.24, 2.45) is 0 Å². The summed E-state index contributed by atoms with van der Waals surface area (Å²) in [5.41, 5.74) is 2.37. The molecule has 24 heavy (non-hydrogen) atoms. The lowest BCUT2D eigenvalue weighted by Gasteiger charge is -2.29. The average molecular weight is 341 g/mol. The van der Waals surface area contributed by atoms with Crippen LogP contribution in [0.2, 0.25) is 0 Å². The Morgan fingerprint density at radius 2 is 2.00 bits per heavy atom. The number of hydrogen-bond donors (Lipinski definition) is 1. The first-order valence-electron chi connectivity index (χ1n) is 8.14. The summed E-state index contributed by atoms with van der Waals surface area (Å²) in [6.07, 6.45) is 1.53. The number of carbonyl (C=O) groups excluding carboxylic acids is 2. The maximum atomic E-state index is 12.6. The highest BCUT2D eigenvalue weighted by molar-refractivity contribution is 7.10. The molecule has 0 saturated carbocycles. The fourth-order valence-electron chi connectivity index (χ4n) is 3.33. The molecule has 4 rings (SSSR count). The van der Waals surface area contributed by atoms with Crippen molar-refractivity contribution >= 4 is 23.3 Å². The predicted molar refractivity (Wildman–Crippen MR) is 92.6 cm³/mol. The Bertz CT molecular complexity index is 759. The van der Waals surface area contributed by atoms with E-state index in [0.29, 0.717) is 13.1 Å². The monoisotopic (exact) mass is 341 g/mol. The van der Waals surface area contributed by atoms with Crippen molar-refractivity contribution in [3.8, 4) is 0 Å². The molecule has 1 saturated heterocycles. The molecule has 1 atom stereocenters. The molecule has 1 aromatic heterocycles. The van der Waals surface area contributed by atoms with Gasteiger partial charge in [-0.1, -0.05) is 30.3 Å². The molecule has 0 aliphatic carbocycles. The van der Waals surface area contributed by atoms with Crippen LogP contribution >= 0.6 is 11.3 Å². The molecule has 1 aromatic carbocycles. The minimum atomic E-state index is -0.457. The van der Waals surface area contributed by atoms with Crippen LogP contribution in [0.4, 0.5) is 4.79 Å². The van der Waals surface area contributed by atoms with Crippen LogP contribution in [-0.4, -0.2) is 41.0 Å². The summed E-state index contributed by atoms with van der Waals surface area (Å²) < 4.78 is 0. The van der Waals surface area contributed by atoms with Crippen molar-refractivity contribution in [3.05, 3.63) is 57.8 Å². The summed E-state index contributed by atoms with van der Waals surface area (Å²) in [6.45, 7) is 2.05. The zero-order chi connectivity index (χ0) is 16.5. The number of imide groups is 1. The lowest BCUT2D eigenvalue weighted by Crippen LogP contribution is -2.43. The predicted octanol–water partition coefficient (Wildman–Crippen LogP) is 2.23. The Labute approximate surface area is 144 Å². The Morgan fingerprint density at radius 1 is 1.17 bits per heavy atom. The van der Waals surface area contributed by atoms with Gasteiger partial charge in [-0.3, -0.25) is 9.69 Å². The molecule has 3 heterocycles. The van der Waals surface area contributed by atoms with Gasteiger partial charge in [-0.2, -0.15) is 0 Å². The topological polar surface area (TPSA) is 52.7 Å². The number of carbonyl (C=O) groups is 2. The number of hydrogen-bond acceptors (Lipinski definition) is 4. The van der Waals surface area contributed by atoms with Gasteiger partial charge in [0.1, 0.15) is 6.04 Å². The SMILES string of the molecule is O=C1N[C@@H](Cc2ccccc2)C(=O)N1CN1CCc2sccc2C1. The van der Waals surface area contributed by atoms with E-state index in [9.17, 15) is 9.59 Å². The Hall–Kier alpha value is -2.18. The first kappa shape index (κ1) is 15.4. The van der Waals surface area contributed by atoms with Gasteiger partial charge in [0, 0.05) is 24.4 Å². The molecule has 124 valence electrons. The van der Waals surface area contributed by atoms with Crippen molar-refractivity contribution in [1.29, 1.82) is 0 Å².